The van der Waals surface area contributed by atoms with Gasteiger partial charge in [0.25, 0.3) is 5.91 Å². The maximum Gasteiger partial charge on any atom is 0.334 e. The number of rotatable bonds is 3. The fourth-order valence-corrected chi connectivity index (χ4v) is 2.92. The number of aliphatic carboxylic acids is 1. The van der Waals surface area contributed by atoms with Crippen LogP contribution in [0.5, 0.6) is 0 Å². The molecule has 1 fully saturated rings. The van der Waals surface area contributed by atoms with Crippen LogP contribution in [-0.2, 0) is 9.53 Å². The van der Waals surface area contributed by atoms with Gasteiger partial charge in [-0.05, 0) is 31.2 Å². The van der Waals surface area contributed by atoms with Gasteiger partial charge in [0.2, 0.25) is 0 Å². The standard InChI is InChI=1S/C16H15Cl2N3O4/c1-9-7-20(8-14(25-9)16(23)24)15(22)13-4-5-21(19-13)10-2-3-11(17)12(18)6-10/h2-6,9,14H,7-8H2,1H3,(H,23,24)/t9-,14?/m1/s1. The second kappa shape index (κ2) is 7.03. The largest absolute Gasteiger partial charge is 0.479 e. The van der Waals surface area contributed by atoms with E-state index in [-0.39, 0.29) is 24.2 Å². The van der Waals surface area contributed by atoms with Crippen molar-refractivity contribution in [2.24, 2.45) is 0 Å². The molecule has 1 aliphatic heterocycles. The van der Waals surface area contributed by atoms with Gasteiger partial charge < -0.3 is 14.7 Å². The van der Waals surface area contributed by atoms with E-state index in [2.05, 4.69) is 5.10 Å². The average molecular weight is 384 g/mol. The number of carbonyl (C=O) groups is 2. The van der Waals surface area contributed by atoms with Crippen LogP contribution >= 0.6 is 23.2 Å². The highest BCUT2D eigenvalue weighted by molar-refractivity contribution is 6.42. The maximum atomic E-state index is 12.6. The second-order valence-electron chi connectivity index (χ2n) is 5.73. The summed E-state index contributed by atoms with van der Waals surface area (Å²) in [6.07, 6.45) is 0.228. The summed E-state index contributed by atoms with van der Waals surface area (Å²) >= 11 is 11.9. The van der Waals surface area contributed by atoms with E-state index in [1.807, 2.05) is 0 Å². The number of amides is 1. The molecule has 9 heteroatoms. The molecule has 0 spiro atoms. The topological polar surface area (TPSA) is 84.7 Å². The SMILES string of the molecule is C[C@@H]1CN(C(=O)c2ccn(-c3ccc(Cl)c(Cl)c3)n2)CC(C(=O)O)O1. The van der Waals surface area contributed by atoms with E-state index in [1.165, 1.54) is 9.58 Å². The number of carbonyl (C=O) groups excluding carboxylic acids is 1. The van der Waals surface area contributed by atoms with Crippen LogP contribution in [0, 0.1) is 0 Å². The molecular formula is C16H15Cl2N3O4. The number of hydrogen-bond acceptors (Lipinski definition) is 4. The third-order valence-corrected chi connectivity index (χ3v) is 4.54. The van der Waals surface area contributed by atoms with Crippen LogP contribution in [0.15, 0.2) is 30.5 Å². The first kappa shape index (κ1) is 17.7. The first-order chi connectivity index (χ1) is 11.8. The summed E-state index contributed by atoms with van der Waals surface area (Å²) in [6.45, 7) is 2.02. The zero-order valence-electron chi connectivity index (χ0n) is 13.2. The van der Waals surface area contributed by atoms with Crippen molar-refractivity contribution in [3.05, 3.63) is 46.2 Å². The van der Waals surface area contributed by atoms with Crippen LogP contribution in [0.2, 0.25) is 10.0 Å². The van der Waals surface area contributed by atoms with E-state index < -0.39 is 12.1 Å². The smallest absolute Gasteiger partial charge is 0.334 e. The number of morpholine rings is 1. The Balaban J connectivity index is 1.80. The number of carboxylic acid groups (broad SMARTS) is 1. The average Bonchev–Trinajstić information content (AvgIpc) is 3.06. The van der Waals surface area contributed by atoms with Crippen LogP contribution in [0.25, 0.3) is 5.69 Å². The molecule has 0 radical (unpaired) electrons. The molecule has 1 saturated heterocycles. The zero-order chi connectivity index (χ0) is 18.1. The summed E-state index contributed by atoms with van der Waals surface area (Å²) < 4.78 is 6.82. The van der Waals surface area contributed by atoms with E-state index in [0.717, 1.165) is 0 Å². The minimum atomic E-state index is -1.09. The Labute approximate surface area is 153 Å². The van der Waals surface area contributed by atoms with Crippen molar-refractivity contribution < 1.29 is 19.4 Å². The number of carboxylic acids is 1. The summed E-state index contributed by atoms with van der Waals surface area (Å²) in [6, 6.07) is 6.58. The summed E-state index contributed by atoms with van der Waals surface area (Å²) in [7, 11) is 0. The molecule has 1 unspecified atom stereocenters. The minimum Gasteiger partial charge on any atom is -0.479 e. The molecular weight excluding hydrogens is 369 g/mol. The molecule has 1 N–H and O–H groups in total. The minimum absolute atomic E-state index is 0.0157. The van der Waals surface area contributed by atoms with Gasteiger partial charge in [-0.1, -0.05) is 23.2 Å². The molecule has 25 heavy (non-hydrogen) atoms. The number of halogens is 2. The predicted octanol–water partition coefficient (Wildman–Crippen LogP) is 2.49. The summed E-state index contributed by atoms with van der Waals surface area (Å²) in [5.41, 5.74) is 0.872. The predicted molar refractivity (Wildman–Crippen MR) is 91.5 cm³/mol. The van der Waals surface area contributed by atoms with E-state index in [0.29, 0.717) is 22.3 Å². The summed E-state index contributed by atoms with van der Waals surface area (Å²) in [4.78, 5) is 25.2. The molecule has 0 saturated carbocycles. The van der Waals surface area contributed by atoms with E-state index >= 15 is 0 Å². The number of hydrogen-bond donors (Lipinski definition) is 1. The Bertz CT molecular complexity index is 823. The quantitative estimate of drug-likeness (QED) is 0.879. The lowest BCUT2D eigenvalue weighted by Gasteiger charge is -2.34. The van der Waals surface area contributed by atoms with Gasteiger partial charge in [-0.15, -0.1) is 0 Å². The van der Waals surface area contributed by atoms with Gasteiger partial charge in [0, 0.05) is 12.7 Å². The molecule has 0 aliphatic carbocycles. The van der Waals surface area contributed by atoms with Crippen LogP contribution in [0.3, 0.4) is 0 Å². The van der Waals surface area contributed by atoms with Crippen molar-refractivity contribution in [2.75, 3.05) is 13.1 Å². The second-order valence-corrected chi connectivity index (χ2v) is 6.54. The first-order valence-electron chi connectivity index (χ1n) is 7.54. The summed E-state index contributed by atoms with van der Waals surface area (Å²) in [5.74, 6) is -1.44. The molecule has 1 aliphatic rings. The lowest BCUT2D eigenvalue weighted by Crippen LogP contribution is -2.51. The van der Waals surface area contributed by atoms with Crippen molar-refractivity contribution in [3.8, 4) is 5.69 Å². The zero-order valence-corrected chi connectivity index (χ0v) is 14.7. The van der Waals surface area contributed by atoms with Gasteiger partial charge in [-0.2, -0.15) is 5.10 Å². The van der Waals surface area contributed by atoms with E-state index in [4.69, 9.17) is 33.0 Å². The van der Waals surface area contributed by atoms with Crippen molar-refractivity contribution in [1.82, 2.24) is 14.7 Å². The highest BCUT2D eigenvalue weighted by Gasteiger charge is 2.33. The Morgan fingerprint density at radius 3 is 2.68 bits per heavy atom. The normalized spacial score (nSPS) is 20.5. The van der Waals surface area contributed by atoms with Gasteiger partial charge in [0.05, 0.1) is 28.4 Å². The van der Waals surface area contributed by atoms with Crippen molar-refractivity contribution in [3.63, 3.8) is 0 Å². The lowest BCUT2D eigenvalue weighted by atomic mass is 10.2. The highest BCUT2D eigenvalue weighted by Crippen LogP contribution is 2.24. The van der Waals surface area contributed by atoms with Gasteiger partial charge >= 0.3 is 5.97 Å². The van der Waals surface area contributed by atoms with Gasteiger partial charge in [0.15, 0.2) is 11.8 Å². The third kappa shape index (κ3) is 3.78. The number of aromatic nitrogens is 2. The van der Waals surface area contributed by atoms with Gasteiger partial charge in [0.1, 0.15) is 0 Å². The molecule has 132 valence electrons. The molecule has 2 atom stereocenters. The van der Waals surface area contributed by atoms with Crippen LogP contribution in [0.4, 0.5) is 0 Å². The number of nitrogens with zero attached hydrogens (tertiary/aromatic N) is 3. The van der Waals surface area contributed by atoms with E-state index in [1.54, 1.807) is 37.4 Å². The van der Waals surface area contributed by atoms with Crippen LogP contribution in [-0.4, -0.2) is 57.0 Å². The molecule has 2 heterocycles. The maximum absolute atomic E-state index is 12.6. The van der Waals surface area contributed by atoms with Crippen molar-refractivity contribution in [2.45, 2.75) is 19.1 Å². The molecule has 1 aromatic heterocycles. The fraction of sp³-hybridized carbons (Fsp3) is 0.312. The van der Waals surface area contributed by atoms with Crippen molar-refractivity contribution >= 4 is 35.1 Å². The Morgan fingerprint density at radius 1 is 1.24 bits per heavy atom. The summed E-state index contributed by atoms with van der Waals surface area (Å²) in [5, 5.41) is 14.2. The lowest BCUT2D eigenvalue weighted by molar-refractivity contribution is -0.160. The molecule has 0 bridgehead atoms. The number of benzene rings is 1. The molecule has 3 rings (SSSR count). The van der Waals surface area contributed by atoms with Crippen LogP contribution in [0.1, 0.15) is 17.4 Å². The fourth-order valence-electron chi connectivity index (χ4n) is 2.63. The monoisotopic (exact) mass is 383 g/mol. The Morgan fingerprint density at radius 2 is 2.00 bits per heavy atom. The molecule has 7 nitrogen and oxygen atoms in total. The van der Waals surface area contributed by atoms with Crippen LogP contribution < -0.4 is 0 Å². The van der Waals surface area contributed by atoms with E-state index in [9.17, 15) is 9.59 Å². The highest BCUT2D eigenvalue weighted by atomic mass is 35.5. The Hall–Kier alpha value is -2.09. The molecule has 1 aromatic carbocycles. The van der Waals surface area contributed by atoms with Gasteiger partial charge in [-0.3, -0.25) is 4.79 Å². The van der Waals surface area contributed by atoms with Crippen molar-refractivity contribution in [1.29, 1.82) is 0 Å². The first-order valence-corrected chi connectivity index (χ1v) is 8.29. The number of ether oxygens (including phenoxy) is 1. The Kier molecular flexibility index (Phi) is 4.99. The van der Waals surface area contributed by atoms with Gasteiger partial charge in [-0.25, -0.2) is 9.48 Å². The molecule has 1 amide bonds. The molecule has 2 aromatic rings. The third-order valence-electron chi connectivity index (χ3n) is 3.80.